The summed E-state index contributed by atoms with van der Waals surface area (Å²) in [4.78, 5) is 12.5. The maximum absolute atomic E-state index is 12.5. The number of aliphatic hydroxyl groups is 1. The number of hydrogen-bond donors (Lipinski definition) is 2. The molecule has 2 rings (SSSR count). The summed E-state index contributed by atoms with van der Waals surface area (Å²) in [6.45, 7) is 9.46. The molecule has 0 heterocycles. The SMILES string of the molecule is CC(CCO)CNC(=O)C1(c2ccc(C(C)(C)C)cc2)CC1. The Morgan fingerprint density at radius 2 is 1.86 bits per heavy atom. The molecule has 1 atom stereocenters. The van der Waals surface area contributed by atoms with Gasteiger partial charge in [-0.1, -0.05) is 52.0 Å². The van der Waals surface area contributed by atoms with E-state index in [0.717, 1.165) is 24.8 Å². The molecule has 1 aromatic carbocycles. The largest absolute Gasteiger partial charge is 0.396 e. The molecule has 1 aromatic rings. The number of benzene rings is 1. The quantitative estimate of drug-likeness (QED) is 0.848. The minimum Gasteiger partial charge on any atom is -0.396 e. The molecule has 22 heavy (non-hydrogen) atoms. The van der Waals surface area contributed by atoms with Crippen molar-refractivity contribution < 1.29 is 9.90 Å². The Hall–Kier alpha value is -1.35. The van der Waals surface area contributed by atoms with E-state index in [1.807, 2.05) is 6.92 Å². The average molecular weight is 303 g/mol. The molecule has 1 fully saturated rings. The van der Waals surface area contributed by atoms with Crippen molar-refractivity contribution in [1.82, 2.24) is 5.32 Å². The molecule has 2 N–H and O–H groups in total. The lowest BCUT2D eigenvalue weighted by molar-refractivity contribution is -0.123. The standard InChI is InChI=1S/C19H29NO2/c1-14(9-12-21)13-20-17(22)19(10-11-19)16-7-5-15(6-8-16)18(2,3)4/h5-8,14,21H,9-13H2,1-4H3,(H,20,22). The third-order valence-electron chi connectivity index (χ3n) is 4.72. The fraction of sp³-hybridized carbons (Fsp3) is 0.632. The Labute approximate surface area is 134 Å². The van der Waals surface area contributed by atoms with Crippen LogP contribution in [-0.4, -0.2) is 24.2 Å². The Bertz CT molecular complexity index is 509. The van der Waals surface area contributed by atoms with Crippen molar-refractivity contribution in [2.45, 2.75) is 57.8 Å². The van der Waals surface area contributed by atoms with Gasteiger partial charge in [-0.05, 0) is 41.7 Å². The van der Waals surface area contributed by atoms with E-state index in [9.17, 15) is 4.79 Å². The van der Waals surface area contributed by atoms with Crippen LogP contribution in [0, 0.1) is 5.92 Å². The van der Waals surface area contributed by atoms with Crippen molar-refractivity contribution >= 4 is 5.91 Å². The van der Waals surface area contributed by atoms with Crippen molar-refractivity contribution in [2.75, 3.05) is 13.2 Å². The molecule has 1 aliphatic rings. The maximum atomic E-state index is 12.5. The van der Waals surface area contributed by atoms with Gasteiger partial charge in [0.1, 0.15) is 0 Å². The van der Waals surface area contributed by atoms with Crippen molar-refractivity contribution in [3.05, 3.63) is 35.4 Å². The highest BCUT2D eigenvalue weighted by Crippen LogP contribution is 2.48. The number of amides is 1. The molecule has 1 saturated carbocycles. The first-order valence-electron chi connectivity index (χ1n) is 8.30. The number of carbonyl (C=O) groups is 1. The maximum Gasteiger partial charge on any atom is 0.230 e. The highest BCUT2D eigenvalue weighted by Gasteiger charge is 2.51. The minimum atomic E-state index is -0.310. The Morgan fingerprint density at radius 1 is 1.27 bits per heavy atom. The zero-order valence-corrected chi connectivity index (χ0v) is 14.3. The molecule has 1 unspecified atom stereocenters. The molecule has 122 valence electrons. The van der Waals surface area contributed by atoms with Crippen LogP contribution in [0.2, 0.25) is 0 Å². The van der Waals surface area contributed by atoms with Gasteiger partial charge in [0.2, 0.25) is 5.91 Å². The van der Waals surface area contributed by atoms with Crippen LogP contribution in [0.15, 0.2) is 24.3 Å². The van der Waals surface area contributed by atoms with E-state index in [2.05, 4.69) is 50.4 Å². The van der Waals surface area contributed by atoms with Gasteiger partial charge < -0.3 is 10.4 Å². The van der Waals surface area contributed by atoms with Crippen LogP contribution in [0.3, 0.4) is 0 Å². The summed E-state index contributed by atoms with van der Waals surface area (Å²) >= 11 is 0. The van der Waals surface area contributed by atoms with E-state index < -0.39 is 0 Å². The number of aliphatic hydroxyl groups excluding tert-OH is 1. The predicted molar refractivity (Wildman–Crippen MR) is 89.9 cm³/mol. The second kappa shape index (κ2) is 6.41. The first-order chi connectivity index (χ1) is 10.3. The fourth-order valence-electron chi connectivity index (χ4n) is 2.82. The molecule has 1 amide bonds. The predicted octanol–water partition coefficient (Wildman–Crippen LogP) is 3.15. The van der Waals surface area contributed by atoms with E-state index in [0.29, 0.717) is 12.5 Å². The van der Waals surface area contributed by atoms with Crippen molar-refractivity contribution in [3.8, 4) is 0 Å². The van der Waals surface area contributed by atoms with Crippen LogP contribution in [0.25, 0.3) is 0 Å². The first-order valence-corrected chi connectivity index (χ1v) is 8.30. The Kier molecular flexibility index (Phi) is 4.96. The van der Waals surface area contributed by atoms with E-state index in [1.54, 1.807) is 0 Å². The normalized spacial score (nSPS) is 17.9. The average Bonchev–Trinajstić information content (AvgIpc) is 3.26. The lowest BCUT2D eigenvalue weighted by Gasteiger charge is -2.21. The smallest absolute Gasteiger partial charge is 0.230 e. The number of carbonyl (C=O) groups excluding carboxylic acids is 1. The lowest BCUT2D eigenvalue weighted by atomic mass is 9.85. The summed E-state index contributed by atoms with van der Waals surface area (Å²) in [6, 6.07) is 8.53. The van der Waals surface area contributed by atoms with Gasteiger partial charge in [0.05, 0.1) is 5.41 Å². The molecule has 0 radical (unpaired) electrons. The minimum absolute atomic E-state index is 0.136. The van der Waals surface area contributed by atoms with Crippen LogP contribution < -0.4 is 5.32 Å². The van der Waals surface area contributed by atoms with Gasteiger partial charge in [0, 0.05) is 13.2 Å². The van der Waals surface area contributed by atoms with Gasteiger partial charge in [0.15, 0.2) is 0 Å². The molecule has 0 bridgehead atoms. The molecular formula is C19H29NO2. The zero-order valence-electron chi connectivity index (χ0n) is 14.3. The van der Waals surface area contributed by atoms with Gasteiger partial charge >= 0.3 is 0 Å². The third-order valence-corrected chi connectivity index (χ3v) is 4.72. The zero-order chi connectivity index (χ0) is 16.4. The van der Waals surface area contributed by atoms with Gasteiger partial charge in [-0.3, -0.25) is 4.79 Å². The highest BCUT2D eigenvalue weighted by molar-refractivity contribution is 5.91. The third kappa shape index (κ3) is 3.70. The monoisotopic (exact) mass is 303 g/mol. The lowest BCUT2D eigenvalue weighted by Crippen LogP contribution is -2.37. The van der Waals surface area contributed by atoms with E-state index in [4.69, 9.17) is 5.11 Å². The molecule has 3 nitrogen and oxygen atoms in total. The topological polar surface area (TPSA) is 49.3 Å². The summed E-state index contributed by atoms with van der Waals surface area (Å²) < 4.78 is 0. The van der Waals surface area contributed by atoms with Crippen LogP contribution in [-0.2, 0) is 15.6 Å². The van der Waals surface area contributed by atoms with Crippen LogP contribution in [0.5, 0.6) is 0 Å². The molecule has 0 saturated heterocycles. The fourth-order valence-corrected chi connectivity index (χ4v) is 2.82. The summed E-state index contributed by atoms with van der Waals surface area (Å²) in [7, 11) is 0. The molecular weight excluding hydrogens is 274 g/mol. The molecule has 1 aliphatic carbocycles. The summed E-state index contributed by atoms with van der Waals surface area (Å²) in [6.07, 6.45) is 2.59. The summed E-state index contributed by atoms with van der Waals surface area (Å²) in [5, 5.41) is 12.0. The second-order valence-electron chi connectivity index (χ2n) is 7.74. The summed E-state index contributed by atoms with van der Waals surface area (Å²) in [5.74, 6) is 0.453. The van der Waals surface area contributed by atoms with Crippen molar-refractivity contribution in [2.24, 2.45) is 5.92 Å². The molecule has 0 spiro atoms. The van der Waals surface area contributed by atoms with E-state index in [-0.39, 0.29) is 23.3 Å². The first kappa shape index (κ1) is 17.0. The van der Waals surface area contributed by atoms with Crippen LogP contribution in [0.1, 0.15) is 58.1 Å². The van der Waals surface area contributed by atoms with E-state index >= 15 is 0 Å². The Morgan fingerprint density at radius 3 is 2.32 bits per heavy atom. The van der Waals surface area contributed by atoms with Gasteiger partial charge in [-0.15, -0.1) is 0 Å². The van der Waals surface area contributed by atoms with Crippen LogP contribution >= 0.6 is 0 Å². The van der Waals surface area contributed by atoms with Crippen molar-refractivity contribution in [3.63, 3.8) is 0 Å². The molecule has 3 heteroatoms. The Balaban J connectivity index is 2.03. The van der Waals surface area contributed by atoms with Gasteiger partial charge in [-0.25, -0.2) is 0 Å². The van der Waals surface area contributed by atoms with Crippen molar-refractivity contribution in [1.29, 1.82) is 0 Å². The van der Waals surface area contributed by atoms with Gasteiger partial charge in [0.25, 0.3) is 0 Å². The molecule has 0 aromatic heterocycles. The second-order valence-corrected chi connectivity index (χ2v) is 7.74. The number of rotatable bonds is 6. The van der Waals surface area contributed by atoms with E-state index in [1.165, 1.54) is 5.56 Å². The van der Waals surface area contributed by atoms with Crippen LogP contribution in [0.4, 0.5) is 0 Å². The molecule has 0 aliphatic heterocycles. The number of nitrogens with one attached hydrogen (secondary N) is 1. The summed E-state index contributed by atoms with van der Waals surface area (Å²) in [5.41, 5.74) is 2.25. The highest BCUT2D eigenvalue weighted by atomic mass is 16.3. The number of hydrogen-bond acceptors (Lipinski definition) is 2. The van der Waals surface area contributed by atoms with Gasteiger partial charge in [-0.2, -0.15) is 0 Å².